The first-order chi connectivity index (χ1) is 19.9. The van der Waals surface area contributed by atoms with Gasteiger partial charge >= 0.3 is 10.2 Å². The molecule has 0 bridgehead atoms. The van der Waals surface area contributed by atoms with Gasteiger partial charge in [0.1, 0.15) is 0 Å². The van der Waals surface area contributed by atoms with Crippen molar-refractivity contribution < 1.29 is 22.8 Å². The quantitative estimate of drug-likeness (QED) is 0.245. The molecular weight excluding hydrogens is 601 g/mol. The summed E-state index contributed by atoms with van der Waals surface area (Å²) in [5.74, 6) is -1.32. The smallest absolute Gasteiger partial charge is 0.326 e. The lowest BCUT2D eigenvalue weighted by atomic mass is 10.1. The first-order valence-corrected chi connectivity index (χ1v) is 15.3. The fourth-order valence-corrected chi connectivity index (χ4v) is 5.69. The molecule has 0 aromatic heterocycles. The number of hydrogen-bond donors (Lipinski definition) is 3. The van der Waals surface area contributed by atoms with Gasteiger partial charge in [-0.3, -0.25) is 18.7 Å². The van der Waals surface area contributed by atoms with Crippen LogP contribution in [-0.2, 0) is 28.0 Å². The van der Waals surface area contributed by atoms with E-state index in [1.807, 2.05) is 10.8 Å². The molecule has 3 amide bonds. The van der Waals surface area contributed by atoms with Gasteiger partial charge in [0.25, 0.3) is 11.8 Å². The number of hydrogen-bond acceptors (Lipinski definition) is 6. The van der Waals surface area contributed by atoms with Crippen molar-refractivity contribution in [3.63, 3.8) is 0 Å². The van der Waals surface area contributed by atoms with Crippen LogP contribution in [0.2, 0.25) is 10.0 Å². The van der Waals surface area contributed by atoms with Gasteiger partial charge in [0.05, 0.1) is 22.3 Å². The van der Waals surface area contributed by atoms with Crippen LogP contribution in [0.15, 0.2) is 66.7 Å². The molecule has 0 heterocycles. The molecule has 0 spiro atoms. The van der Waals surface area contributed by atoms with E-state index in [0.29, 0.717) is 40.4 Å². The molecule has 3 rings (SSSR count). The van der Waals surface area contributed by atoms with Crippen LogP contribution in [-0.4, -0.2) is 58.2 Å². The van der Waals surface area contributed by atoms with Gasteiger partial charge in [-0.05, 0) is 72.9 Å². The zero-order chi connectivity index (χ0) is 30.9. The molecule has 3 aromatic carbocycles. The largest absolute Gasteiger partial charge is 0.348 e. The third kappa shape index (κ3) is 8.93. The summed E-state index contributed by atoms with van der Waals surface area (Å²) < 4.78 is 29.1. The number of aryl methyl sites for hydroxylation is 1. The summed E-state index contributed by atoms with van der Waals surface area (Å²) in [5.41, 5.74) is 8.09. The second-order valence-corrected chi connectivity index (χ2v) is 12.0. The molecule has 3 aromatic rings. The van der Waals surface area contributed by atoms with Crippen LogP contribution in [0, 0.1) is 0 Å². The third-order valence-corrected chi connectivity index (χ3v) is 8.60. The first kappa shape index (κ1) is 32.9. The Morgan fingerprint density at radius 2 is 1.52 bits per heavy atom. The number of amides is 3. The molecule has 0 aliphatic carbocycles. The van der Waals surface area contributed by atoms with E-state index in [2.05, 4.69) is 5.32 Å². The Balaban J connectivity index is 1.67. The number of halogens is 2. The molecule has 0 fully saturated rings. The van der Waals surface area contributed by atoms with Crippen LogP contribution in [0.3, 0.4) is 0 Å². The number of nitrogens with zero attached hydrogens (tertiary/aromatic N) is 2. The Labute approximate surface area is 256 Å². The Morgan fingerprint density at radius 3 is 2.14 bits per heavy atom. The highest BCUT2D eigenvalue weighted by Crippen LogP contribution is 2.27. The van der Waals surface area contributed by atoms with Gasteiger partial charge in [0.2, 0.25) is 5.91 Å². The van der Waals surface area contributed by atoms with E-state index in [4.69, 9.17) is 28.9 Å². The van der Waals surface area contributed by atoms with E-state index < -0.39 is 22.7 Å². The number of anilines is 1. The van der Waals surface area contributed by atoms with Crippen molar-refractivity contribution in [2.75, 3.05) is 31.5 Å². The predicted molar refractivity (Wildman–Crippen MR) is 165 cm³/mol. The molecule has 0 radical (unpaired) electrons. The number of carbonyl (C=O) groups is 3. The molecule has 0 saturated carbocycles. The lowest BCUT2D eigenvalue weighted by molar-refractivity contribution is -0.118. The molecule has 13 heteroatoms. The number of nitrogens with two attached hydrogens (primary N) is 1. The Kier molecular flexibility index (Phi) is 11.7. The van der Waals surface area contributed by atoms with Gasteiger partial charge < -0.3 is 16.0 Å². The van der Waals surface area contributed by atoms with Crippen LogP contribution in [0.5, 0.6) is 0 Å². The van der Waals surface area contributed by atoms with Crippen molar-refractivity contribution >= 4 is 56.8 Å². The molecule has 0 aliphatic heterocycles. The zero-order valence-electron chi connectivity index (χ0n) is 23.3. The van der Waals surface area contributed by atoms with Gasteiger partial charge in [-0.25, -0.2) is 4.72 Å². The van der Waals surface area contributed by atoms with Gasteiger partial charge in [-0.2, -0.15) is 8.42 Å². The first-order valence-electron chi connectivity index (χ1n) is 13.1. The summed E-state index contributed by atoms with van der Waals surface area (Å²) in [6.07, 6.45) is 1.62. The lowest BCUT2D eigenvalue weighted by Crippen LogP contribution is -2.46. The molecule has 0 unspecified atom stereocenters. The van der Waals surface area contributed by atoms with Crippen molar-refractivity contribution in [1.29, 1.82) is 0 Å². The van der Waals surface area contributed by atoms with Crippen molar-refractivity contribution in [2.24, 2.45) is 5.73 Å². The molecule has 0 aliphatic rings. The molecular formula is C29H33Cl2N5O5S. The Bertz CT molecular complexity index is 1510. The van der Waals surface area contributed by atoms with E-state index in [1.165, 1.54) is 29.2 Å². The SMILES string of the molecule is CN(C)C(=O)c1ccc(CNC(=O)c2ccc(N(CCCCc3cccc(Cl)c3Cl)S(=O)(=O)NC(=O)CN)cc2)cc1. The van der Waals surface area contributed by atoms with Crippen molar-refractivity contribution in [3.8, 4) is 0 Å². The summed E-state index contributed by atoms with van der Waals surface area (Å²) in [4.78, 5) is 38.1. The Hall–Kier alpha value is -3.64. The van der Waals surface area contributed by atoms with Gasteiger partial charge in [-0.15, -0.1) is 0 Å². The molecule has 42 heavy (non-hydrogen) atoms. The fourth-order valence-electron chi connectivity index (χ4n) is 4.03. The van der Waals surface area contributed by atoms with Crippen LogP contribution in [0.25, 0.3) is 0 Å². The van der Waals surface area contributed by atoms with Gasteiger partial charge in [0.15, 0.2) is 0 Å². The average Bonchev–Trinajstić information content (AvgIpc) is 2.97. The minimum absolute atomic E-state index is 0.0588. The fraction of sp³-hybridized carbons (Fsp3) is 0.276. The normalized spacial score (nSPS) is 11.1. The third-order valence-electron chi connectivity index (χ3n) is 6.28. The van der Waals surface area contributed by atoms with E-state index in [0.717, 1.165) is 15.4 Å². The standard InChI is InChI=1S/C29H33Cl2N5O5S/c1-35(2)29(39)23-11-9-20(10-12-23)19-33-28(38)22-13-15-24(16-14-22)36(42(40,41)34-26(37)18-32)17-4-3-6-21-7-5-8-25(30)27(21)31/h5,7-16H,3-4,6,17-19,32H2,1-2H3,(H,33,38)(H,34,37). The number of nitrogens with one attached hydrogen (secondary N) is 2. The lowest BCUT2D eigenvalue weighted by Gasteiger charge is -2.24. The topological polar surface area (TPSA) is 142 Å². The van der Waals surface area contributed by atoms with Gasteiger partial charge in [-0.1, -0.05) is 47.5 Å². The maximum atomic E-state index is 13.0. The second kappa shape index (κ2) is 15.0. The summed E-state index contributed by atoms with van der Waals surface area (Å²) in [5, 5.41) is 3.72. The Morgan fingerprint density at radius 1 is 0.881 bits per heavy atom. The highest BCUT2D eigenvalue weighted by atomic mass is 35.5. The minimum Gasteiger partial charge on any atom is -0.348 e. The number of rotatable bonds is 13. The summed E-state index contributed by atoms with van der Waals surface area (Å²) in [7, 11) is -0.918. The summed E-state index contributed by atoms with van der Waals surface area (Å²) in [6, 6.07) is 18.3. The highest BCUT2D eigenvalue weighted by molar-refractivity contribution is 7.91. The predicted octanol–water partition coefficient (Wildman–Crippen LogP) is 3.77. The summed E-state index contributed by atoms with van der Waals surface area (Å²) in [6.45, 7) is -0.198. The van der Waals surface area contributed by atoms with E-state index in [9.17, 15) is 22.8 Å². The highest BCUT2D eigenvalue weighted by Gasteiger charge is 2.24. The molecule has 224 valence electrons. The molecule has 0 saturated heterocycles. The van der Waals surface area contributed by atoms with Crippen LogP contribution >= 0.6 is 23.2 Å². The molecule has 0 atom stereocenters. The maximum absolute atomic E-state index is 13.0. The van der Waals surface area contributed by atoms with Crippen molar-refractivity contribution in [1.82, 2.24) is 14.9 Å². The second-order valence-electron chi connectivity index (χ2n) is 9.60. The van der Waals surface area contributed by atoms with Gasteiger partial charge in [0, 0.05) is 38.3 Å². The number of benzene rings is 3. The van der Waals surface area contributed by atoms with E-state index in [-0.39, 0.29) is 30.6 Å². The van der Waals surface area contributed by atoms with Crippen molar-refractivity contribution in [3.05, 3.63) is 99.0 Å². The number of carbonyl (C=O) groups excluding carboxylic acids is 3. The van der Waals surface area contributed by atoms with E-state index >= 15 is 0 Å². The minimum atomic E-state index is -4.26. The zero-order valence-corrected chi connectivity index (χ0v) is 25.6. The number of unbranched alkanes of at least 4 members (excludes halogenated alkanes) is 1. The van der Waals surface area contributed by atoms with Crippen molar-refractivity contribution in [2.45, 2.75) is 25.8 Å². The average molecular weight is 635 g/mol. The van der Waals surface area contributed by atoms with Crippen LogP contribution in [0.4, 0.5) is 5.69 Å². The maximum Gasteiger partial charge on any atom is 0.326 e. The van der Waals surface area contributed by atoms with Crippen LogP contribution in [0.1, 0.15) is 44.7 Å². The molecule has 10 nitrogen and oxygen atoms in total. The summed E-state index contributed by atoms with van der Waals surface area (Å²) >= 11 is 12.3. The molecule has 4 N–H and O–H groups in total. The van der Waals surface area contributed by atoms with E-state index in [1.54, 1.807) is 50.5 Å². The van der Waals surface area contributed by atoms with Crippen LogP contribution < -0.4 is 20.1 Å². The monoisotopic (exact) mass is 633 g/mol.